The minimum absolute atomic E-state index is 0.639. The fourth-order valence-electron chi connectivity index (χ4n) is 3.73. The lowest BCUT2D eigenvalue weighted by Crippen LogP contribution is -2.34. The molecule has 1 aliphatic carbocycles. The van der Waals surface area contributed by atoms with E-state index in [0.29, 0.717) is 5.41 Å². The molecule has 18 heavy (non-hydrogen) atoms. The van der Waals surface area contributed by atoms with Gasteiger partial charge in [0.15, 0.2) is 0 Å². The van der Waals surface area contributed by atoms with Crippen molar-refractivity contribution in [2.75, 3.05) is 32.7 Å². The third-order valence-electron chi connectivity index (χ3n) is 4.77. The zero-order valence-electron chi connectivity index (χ0n) is 12.7. The first-order chi connectivity index (χ1) is 8.57. The van der Waals surface area contributed by atoms with E-state index in [4.69, 9.17) is 0 Å². The molecule has 0 spiro atoms. The third kappa shape index (κ3) is 4.24. The van der Waals surface area contributed by atoms with Gasteiger partial charge in [-0.1, -0.05) is 33.6 Å². The van der Waals surface area contributed by atoms with E-state index in [1.165, 1.54) is 64.8 Å². The number of rotatable bonds is 6. The monoisotopic (exact) mass is 252 g/mol. The molecule has 2 aliphatic rings. The van der Waals surface area contributed by atoms with Gasteiger partial charge in [0, 0.05) is 13.1 Å². The van der Waals surface area contributed by atoms with Crippen LogP contribution in [-0.2, 0) is 0 Å². The largest absolute Gasteiger partial charge is 0.316 e. The quantitative estimate of drug-likeness (QED) is 0.781. The molecule has 1 unspecified atom stereocenters. The van der Waals surface area contributed by atoms with Gasteiger partial charge in [-0.3, -0.25) is 0 Å². The second-order valence-electron chi connectivity index (χ2n) is 7.46. The molecule has 0 amide bonds. The van der Waals surface area contributed by atoms with Crippen LogP contribution in [0.5, 0.6) is 0 Å². The molecule has 1 heterocycles. The van der Waals surface area contributed by atoms with Crippen molar-refractivity contribution in [1.82, 2.24) is 10.2 Å². The predicted octanol–water partition coefficient (Wildman–Crippen LogP) is 3.13. The van der Waals surface area contributed by atoms with E-state index in [9.17, 15) is 0 Å². The molecule has 0 bridgehead atoms. The summed E-state index contributed by atoms with van der Waals surface area (Å²) in [5.41, 5.74) is 0.639. The summed E-state index contributed by atoms with van der Waals surface area (Å²) >= 11 is 0. The van der Waals surface area contributed by atoms with Crippen molar-refractivity contribution >= 4 is 0 Å². The van der Waals surface area contributed by atoms with E-state index in [0.717, 1.165) is 11.8 Å². The van der Waals surface area contributed by atoms with E-state index >= 15 is 0 Å². The van der Waals surface area contributed by atoms with Gasteiger partial charge in [-0.25, -0.2) is 0 Å². The molecule has 106 valence electrons. The average molecular weight is 252 g/mol. The number of likely N-dealkylation sites (tertiary alicyclic amines) is 1. The van der Waals surface area contributed by atoms with Crippen LogP contribution < -0.4 is 5.32 Å². The van der Waals surface area contributed by atoms with Crippen molar-refractivity contribution in [3.05, 3.63) is 0 Å². The highest BCUT2D eigenvalue weighted by Gasteiger charge is 2.33. The molecule has 1 atom stereocenters. The summed E-state index contributed by atoms with van der Waals surface area (Å²) in [6, 6.07) is 0. The van der Waals surface area contributed by atoms with Crippen molar-refractivity contribution in [3.63, 3.8) is 0 Å². The van der Waals surface area contributed by atoms with Crippen molar-refractivity contribution in [2.24, 2.45) is 17.3 Å². The van der Waals surface area contributed by atoms with E-state index in [-0.39, 0.29) is 0 Å². The summed E-state index contributed by atoms with van der Waals surface area (Å²) in [7, 11) is 0. The molecule has 2 heteroatoms. The van der Waals surface area contributed by atoms with E-state index in [1.54, 1.807) is 0 Å². The Bertz CT molecular complexity index is 243. The lowest BCUT2D eigenvalue weighted by atomic mass is 9.88. The molecule has 0 radical (unpaired) electrons. The number of hydrogen-bond acceptors (Lipinski definition) is 2. The SMILES string of the molecule is CC(C)CNCC1CCN(CC2(C)CCCC2)C1. The first kappa shape index (κ1) is 14.3. The lowest BCUT2D eigenvalue weighted by Gasteiger charge is -2.29. The molecule has 1 aliphatic heterocycles. The number of nitrogens with zero attached hydrogens (tertiary/aromatic N) is 1. The van der Waals surface area contributed by atoms with Gasteiger partial charge >= 0.3 is 0 Å². The van der Waals surface area contributed by atoms with Crippen LogP contribution in [0.3, 0.4) is 0 Å². The highest BCUT2D eigenvalue weighted by molar-refractivity contribution is 4.87. The molecule has 1 saturated heterocycles. The maximum absolute atomic E-state index is 3.62. The van der Waals surface area contributed by atoms with Crippen LogP contribution >= 0.6 is 0 Å². The summed E-state index contributed by atoms with van der Waals surface area (Å²) in [6.07, 6.45) is 7.24. The first-order valence-corrected chi connectivity index (χ1v) is 8.00. The Morgan fingerprint density at radius 3 is 2.67 bits per heavy atom. The molecule has 1 saturated carbocycles. The van der Waals surface area contributed by atoms with Gasteiger partial charge in [0.2, 0.25) is 0 Å². The zero-order chi connectivity index (χ0) is 13.0. The third-order valence-corrected chi connectivity index (χ3v) is 4.77. The van der Waals surface area contributed by atoms with Crippen molar-refractivity contribution in [3.8, 4) is 0 Å². The molecular weight excluding hydrogens is 220 g/mol. The van der Waals surface area contributed by atoms with E-state index in [2.05, 4.69) is 31.0 Å². The summed E-state index contributed by atoms with van der Waals surface area (Å²) in [5.74, 6) is 1.67. The zero-order valence-corrected chi connectivity index (χ0v) is 12.7. The molecular formula is C16H32N2. The van der Waals surface area contributed by atoms with Crippen LogP contribution in [-0.4, -0.2) is 37.6 Å². The minimum atomic E-state index is 0.639. The normalized spacial score (nSPS) is 28.3. The maximum atomic E-state index is 3.62. The van der Waals surface area contributed by atoms with Gasteiger partial charge in [-0.2, -0.15) is 0 Å². The smallest absolute Gasteiger partial charge is 0.00354 e. The Balaban J connectivity index is 1.65. The van der Waals surface area contributed by atoms with Gasteiger partial charge < -0.3 is 10.2 Å². The number of hydrogen-bond donors (Lipinski definition) is 1. The Morgan fingerprint density at radius 1 is 1.28 bits per heavy atom. The topological polar surface area (TPSA) is 15.3 Å². The van der Waals surface area contributed by atoms with Gasteiger partial charge in [0.25, 0.3) is 0 Å². The van der Waals surface area contributed by atoms with Crippen LogP contribution in [0.1, 0.15) is 52.9 Å². The Labute approximate surface area is 114 Å². The van der Waals surface area contributed by atoms with Crippen molar-refractivity contribution in [2.45, 2.75) is 52.9 Å². The van der Waals surface area contributed by atoms with Gasteiger partial charge in [0.05, 0.1) is 0 Å². The second kappa shape index (κ2) is 6.38. The van der Waals surface area contributed by atoms with Crippen molar-refractivity contribution < 1.29 is 0 Å². The van der Waals surface area contributed by atoms with Gasteiger partial charge in [-0.15, -0.1) is 0 Å². The van der Waals surface area contributed by atoms with Crippen LogP contribution in [0.4, 0.5) is 0 Å². The highest BCUT2D eigenvalue weighted by atomic mass is 15.2. The molecule has 0 aromatic carbocycles. The summed E-state index contributed by atoms with van der Waals surface area (Å²) in [4.78, 5) is 2.73. The molecule has 2 rings (SSSR count). The molecule has 1 N–H and O–H groups in total. The summed E-state index contributed by atoms with van der Waals surface area (Å²) in [6.45, 7) is 13.5. The Hall–Kier alpha value is -0.0800. The van der Waals surface area contributed by atoms with Crippen LogP contribution in [0.15, 0.2) is 0 Å². The lowest BCUT2D eigenvalue weighted by molar-refractivity contribution is 0.191. The Kier molecular flexibility index (Phi) is 5.08. The maximum Gasteiger partial charge on any atom is 0.00354 e. The second-order valence-corrected chi connectivity index (χ2v) is 7.46. The molecule has 0 aromatic heterocycles. The van der Waals surface area contributed by atoms with Crippen LogP contribution in [0, 0.1) is 17.3 Å². The summed E-state index contributed by atoms with van der Waals surface area (Å²) in [5, 5.41) is 3.62. The minimum Gasteiger partial charge on any atom is -0.316 e. The van der Waals surface area contributed by atoms with E-state index < -0.39 is 0 Å². The Morgan fingerprint density at radius 2 is 2.00 bits per heavy atom. The van der Waals surface area contributed by atoms with E-state index in [1.807, 2.05) is 0 Å². The summed E-state index contributed by atoms with van der Waals surface area (Å²) < 4.78 is 0. The highest BCUT2D eigenvalue weighted by Crippen LogP contribution is 2.38. The predicted molar refractivity (Wildman–Crippen MR) is 78.8 cm³/mol. The fraction of sp³-hybridized carbons (Fsp3) is 1.00. The molecule has 0 aromatic rings. The standard InChI is InChI=1S/C16H32N2/c1-14(2)10-17-11-15-6-9-18(12-15)13-16(3)7-4-5-8-16/h14-15,17H,4-13H2,1-3H3. The number of nitrogens with one attached hydrogen (secondary N) is 1. The molecule has 2 fully saturated rings. The van der Waals surface area contributed by atoms with Gasteiger partial charge in [-0.05, 0) is 56.1 Å². The molecule has 2 nitrogen and oxygen atoms in total. The van der Waals surface area contributed by atoms with Crippen molar-refractivity contribution in [1.29, 1.82) is 0 Å². The average Bonchev–Trinajstić information content (AvgIpc) is 2.88. The fourth-order valence-corrected chi connectivity index (χ4v) is 3.73. The first-order valence-electron chi connectivity index (χ1n) is 8.00. The van der Waals surface area contributed by atoms with Crippen LogP contribution in [0.2, 0.25) is 0 Å². The van der Waals surface area contributed by atoms with Crippen LogP contribution in [0.25, 0.3) is 0 Å². The van der Waals surface area contributed by atoms with Gasteiger partial charge in [0.1, 0.15) is 0 Å².